The minimum atomic E-state index is -4.11. The summed E-state index contributed by atoms with van der Waals surface area (Å²) in [5.74, 6) is 0. The van der Waals surface area contributed by atoms with Gasteiger partial charge in [-0.1, -0.05) is 18.2 Å². The highest BCUT2D eigenvalue weighted by Gasteiger charge is 2.36. The molecule has 1 saturated heterocycles. The molecule has 11 heteroatoms. The summed E-state index contributed by atoms with van der Waals surface area (Å²) >= 11 is 0. The highest BCUT2D eigenvalue weighted by molar-refractivity contribution is 7.89. The first kappa shape index (κ1) is 21.4. The van der Waals surface area contributed by atoms with Crippen molar-refractivity contribution in [3.63, 3.8) is 0 Å². The molecule has 1 aliphatic heterocycles. The third-order valence-corrected chi connectivity index (χ3v) is 8.83. The first-order valence-electron chi connectivity index (χ1n) is 8.86. The molecule has 0 spiro atoms. The predicted molar refractivity (Wildman–Crippen MR) is 107 cm³/mol. The van der Waals surface area contributed by atoms with Gasteiger partial charge in [0.05, 0.1) is 9.82 Å². The minimum Gasteiger partial charge on any atom is -0.258 e. The van der Waals surface area contributed by atoms with Crippen LogP contribution in [0.2, 0.25) is 0 Å². The fourth-order valence-corrected chi connectivity index (χ4v) is 6.23. The van der Waals surface area contributed by atoms with E-state index in [1.54, 1.807) is 12.1 Å². The second kappa shape index (κ2) is 7.82. The van der Waals surface area contributed by atoms with Crippen LogP contribution >= 0.6 is 0 Å². The van der Waals surface area contributed by atoms with Crippen LogP contribution in [-0.4, -0.2) is 56.5 Å². The third-order valence-electron chi connectivity index (χ3n) is 4.99. The van der Waals surface area contributed by atoms with Gasteiger partial charge in [0.15, 0.2) is 4.90 Å². The van der Waals surface area contributed by atoms with Gasteiger partial charge in [-0.05, 0) is 43.2 Å². The van der Waals surface area contributed by atoms with Crippen molar-refractivity contribution in [2.75, 3.05) is 26.2 Å². The average molecular weight is 440 g/mol. The van der Waals surface area contributed by atoms with Crippen LogP contribution in [-0.2, 0) is 20.0 Å². The molecule has 0 atom stereocenters. The van der Waals surface area contributed by atoms with Crippen LogP contribution in [0.4, 0.5) is 5.69 Å². The highest BCUT2D eigenvalue weighted by atomic mass is 32.2. The van der Waals surface area contributed by atoms with Gasteiger partial charge in [-0.25, -0.2) is 16.8 Å². The van der Waals surface area contributed by atoms with Crippen LogP contribution in [0.5, 0.6) is 0 Å². The van der Waals surface area contributed by atoms with Crippen molar-refractivity contribution in [3.05, 3.63) is 63.7 Å². The molecule has 0 saturated carbocycles. The normalized spacial score (nSPS) is 16.6. The lowest BCUT2D eigenvalue weighted by Gasteiger charge is -2.33. The van der Waals surface area contributed by atoms with Gasteiger partial charge in [0, 0.05) is 32.2 Å². The standard InChI is InChI=1S/C18H21N3O6S2/c1-14-7-8-16(13-15(14)2)28(24,25)19-9-11-20(12-10-19)29(26,27)18-6-4-3-5-17(18)21(22)23/h3-8,13H,9-12H2,1-2H3. The van der Waals surface area contributed by atoms with Gasteiger partial charge in [-0.2, -0.15) is 8.61 Å². The molecule has 0 bridgehead atoms. The smallest absolute Gasteiger partial charge is 0.258 e. The highest BCUT2D eigenvalue weighted by Crippen LogP contribution is 2.28. The van der Waals surface area contributed by atoms with E-state index >= 15 is 0 Å². The lowest BCUT2D eigenvalue weighted by Crippen LogP contribution is -2.50. The van der Waals surface area contributed by atoms with Crippen LogP contribution in [0.25, 0.3) is 0 Å². The van der Waals surface area contributed by atoms with E-state index in [1.807, 2.05) is 13.8 Å². The Hall–Kier alpha value is -2.34. The summed E-state index contributed by atoms with van der Waals surface area (Å²) in [6.07, 6.45) is 0. The Morgan fingerprint density at radius 2 is 1.38 bits per heavy atom. The summed E-state index contributed by atoms with van der Waals surface area (Å²) in [5, 5.41) is 11.2. The number of piperazine rings is 1. The fourth-order valence-electron chi connectivity index (χ4n) is 3.14. The van der Waals surface area contributed by atoms with Crippen LogP contribution in [0.1, 0.15) is 11.1 Å². The summed E-state index contributed by atoms with van der Waals surface area (Å²) in [5.41, 5.74) is 1.32. The number of benzene rings is 2. The molecule has 0 N–H and O–H groups in total. The molecule has 0 amide bonds. The molecule has 0 unspecified atom stereocenters. The zero-order chi connectivity index (χ0) is 21.4. The van der Waals surface area contributed by atoms with E-state index in [9.17, 15) is 26.9 Å². The number of hydrogen-bond donors (Lipinski definition) is 0. The molecule has 0 aromatic heterocycles. The fraction of sp³-hybridized carbons (Fsp3) is 0.333. The van der Waals surface area contributed by atoms with E-state index in [4.69, 9.17) is 0 Å². The van der Waals surface area contributed by atoms with E-state index in [1.165, 1.54) is 28.6 Å². The minimum absolute atomic E-state index is 0.0326. The molecule has 0 radical (unpaired) electrons. The maximum absolute atomic E-state index is 12.9. The SMILES string of the molecule is Cc1ccc(S(=O)(=O)N2CCN(S(=O)(=O)c3ccccc3[N+](=O)[O-])CC2)cc1C. The number of nitro benzene ring substituents is 1. The number of para-hydroxylation sites is 1. The van der Waals surface area contributed by atoms with Gasteiger partial charge in [0.2, 0.25) is 20.0 Å². The van der Waals surface area contributed by atoms with Crippen molar-refractivity contribution in [2.24, 2.45) is 0 Å². The van der Waals surface area contributed by atoms with Crippen LogP contribution in [0, 0.1) is 24.0 Å². The Morgan fingerprint density at radius 1 is 0.828 bits per heavy atom. The topological polar surface area (TPSA) is 118 Å². The zero-order valence-electron chi connectivity index (χ0n) is 16.0. The monoisotopic (exact) mass is 439 g/mol. The molecular weight excluding hydrogens is 418 g/mol. The van der Waals surface area contributed by atoms with Crippen LogP contribution in [0.15, 0.2) is 52.3 Å². The summed E-state index contributed by atoms with van der Waals surface area (Å²) in [6.45, 7) is 3.48. The van der Waals surface area contributed by atoms with Crippen molar-refractivity contribution < 1.29 is 21.8 Å². The maximum Gasteiger partial charge on any atom is 0.289 e. The number of hydrogen-bond acceptors (Lipinski definition) is 6. The average Bonchev–Trinajstić information content (AvgIpc) is 2.70. The second-order valence-corrected chi connectivity index (χ2v) is 10.6. The lowest BCUT2D eigenvalue weighted by atomic mass is 10.1. The van der Waals surface area contributed by atoms with E-state index in [0.29, 0.717) is 0 Å². The van der Waals surface area contributed by atoms with Gasteiger partial charge < -0.3 is 0 Å². The molecule has 156 valence electrons. The number of sulfonamides is 2. The molecule has 9 nitrogen and oxygen atoms in total. The van der Waals surface area contributed by atoms with Gasteiger partial charge in [0.1, 0.15) is 0 Å². The molecule has 2 aromatic carbocycles. The molecule has 1 aliphatic rings. The summed E-state index contributed by atoms with van der Waals surface area (Å²) in [4.78, 5) is 10.2. The Labute approximate surface area is 169 Å². The van der Waals surface area contributed by atoms with Crippen molar-refractivity contribution in [2.45, 2.75) is 23.6 Å². The lowest BCUT2D eigenvalue weighted by molar-refractivity contribution is -0.387. The van der Waals surface area contributed by atoms with E-state index in [0.717, 1.165) is 21.5 Å². The Morgan fingerprint density at radius 3 is 1.93 bits per heavy atom. The summed E-state index contributed by atoms with van der Waals surface area (Å²) in [7, 11) is -7.87. The van der Waals surface area contributed by atoms with Gasteiger partial charge >= 0.3 is 0 Å². The molecule has 29 heavy (non-hydrogen) atoms. The molecule has 0 aliphatic carbocycles. The van der Waals surface area contributed by atoms with Crippen molar-refractivity contribution in [1.82, 2.24) is 8.61 Å². The largest absolute Gasteiger partial charge is 0.289 e. The molecule has 1 heterocycles. The first-order valence-corrected chi connectivity index (χ1v) is 11.7. The number of aryl methyl sites for hydroxylation is 2. The molecular formula is C18H21N3O6S2. The van der Waals surface area contributed by atoms with Crippen molar-refractivity contribution in [1.29, 1.82) is 0 Å². The maximum atomic E-state index is 12.9. The predicted octanol–water partition coefficient (Wildman–Crippen LogP) is 1.91. The zero-order valence-corrected chi connectivity index (χ0v) is 17.6. The Bertz CT molecular complexity index is 1150. The molecule has 1 fully saturated rings. The van der Waals surface area contributed by atoms with E-state index in [2.05, 4.69) is 0 Å². The van der Waals surface area contributed by atoms with Crippen LogP contribution in [0.3, 0.4) is 0 Å². The van der Waals surface area contributed by atoms with Crippen LogP contribution < -0.4 is 0 Å². The van der Waals surface area contributed by atoms with Gasteiger partial charge in [0.25, 0.3) is 5.69 Å². The molecule has 2 aromatic rings. The summed E-state index contributed by atoms with van der Waals surface area (Å²) in [6, 6.07) is 10.00. The Kier molecular flexibility index (Phi) is 5.77. The number of nitro groups is 1. The quantitative estimate of drug-likeness (QED) is 0.519. The molecule has 3 rings (SSSR count). The van der Waals surface area contributed by atoms with Gasteiger partial charge in [-0.3, -0.25) is 10.1 Å². The summed E-state index contributed by atoms with van der Waals surface area (Å²) < 4.78 is 53.9. The van der Waals surface area contributed by atoms with Gasteiger partial charge in [-0.15, -0.1) is 0 Å². The van der Waals surface area contributed by atoms with E-state index < -0.39 is 35.6 Å². The Balaban J connectivity index is 1.81. The first-order chi connectivity index (χ1) is 13.5. The van der Waals surface area contributed by atoms with Crippen molar-refractivity contribution in [3.8, 4) is 0 Å². The number of nitrogens with zero attached hydrogens (tertiary/aromatic N) is 3. The second-order valence-electron chi connectivity index (χ2n) is 6.78. The third kappa shape index (κ3) is 4.04. The van der Waals surface area contributed by atoms with Crippen molar-refractivity contribution >= 4 is 25.7 Å². The van der Waals surface area contributed by atoms with E-state index in [-0.39, 0.29) is 31.1 Å². The number of rotatable bonds is 5.